The largest absolute Gasteiger partial charge is 0.573 e. The van der Waals surface area contributed by atoms with Gasteiger partial charge in [0.15, 0.2) is 0 Å². The van der Waals surface area contributed by atoms with Gasteiger partial charge in [-0.1, -0.05) is 17.3 Å². The number of nitrogens with one attached hydrogen (secondary N) is 1. The van der Waals surface area contributed by atoms with Gasteiger partial charge in [0.25, 0.3) is 0 Å². The lowest BCUT2D eigenvalue weighted by molar-refractivity contribution is -0.274. The molecule has 0 bridgehead atoms. The lowest BCUT2D eigenvalue weighted by atomic mass is 10.1. The molecule has 8 nitrogen and oxygen atoms in total. The van der Waals surface area contributed by atoms with Crippen LogP contribution in [0.25, 0.3) is 5.70 Å². The maximum Gasteiger partial charge on any atom is 0.573 e. The van der Waals surface area contributed by atoms with Crippen molar-refractivity contribution in [1.29, 1.82) is 0 Å². The third-order valence-corrected chi connectivity index (χ3v) is 3.47. The predicted octanol–water partition coefficient (Wildman–Crippen LogP) is 2.50. The van der Waals surface area contributed by atoms with E-state index in [1.54, 1.807) is 12.1 Å². The Morgan fingerprint density at radius 1 is 1.18 bits per heavy atom. The maximum absolute atomic E-state index is 12.2. The van der Waals surface area contributed by atoms with Crippen LogP contribution in [0, 0.1) is 0 Å². The molecule has 0 radical (unpaired) electrons. The van der Waals surface area contributed by atoms with Gasteiger partial charge >= 0.3 is 6.36 Å². The molecule has 1 aromatic heterocycles. The Morgan fingerprint density at radius 2 is 1.86 bits per heavy atom. The molecule has 0 saturated carbocycles. The van der Waals surface area contributed by atoms with Crippen LogP contribution in [-0.2, 0) is 6.42 Å². The Kier molecular flexibility index (Phi) is 7.04. The van der Waals surface area contributed by atoms with E-state index in [0.29, 0.717) is 29.1 Å². The molecule has 2 rings (SSSR count). The van der Waals surface area contributed by atoms with Gasteiger partial charge in [0.1, 0.15) is 11.5 Å². The van der Waals surface area contributed by atoms with E-state index < -0.39 is 6.36 Å². The fraction of sp³-hybridized carbons (Fsp3) is 0.176. The van der Waals surface area contributed by atoms with Crippen LogP contribution in [0.3, 0.4) is 0 Å². The normalized spacial score (nSPS) is 12.6. The third kappa shape index (κ3) is 6.36. The molecule has 0 aliphatic rings. The van der Waals surface area contributed by atoms with Crippen molar-refractivity contribution in [3.8, 4) is 11.5 Å². The zero-order valence-electron chi connectivity index (χ0n) is 14.5. The monoisotopic (exact) mass is 397 g/mol. The van der Waals surface area contributed by atoms with Crippen LogP contribution in [0.4, 0.5) is 13.2 Å². The third-order valence-electron chi connectivity index (χ3n) is 3.47. The zero-order chi connectivity index (χ0) is 20.6. The Bertz CT molecular complexity index is 821. The van der Waals surface area contributed by atoms with Gasteiger partial charge in [-0.25, -0.2) is 0 Å². The zero-order valence-corrected chi connectivity index (χ0v) is 14.5. The first kappa shape index (κ1) is 20.8. The summed E-state index contributed by atoms with van der Waals surface area (Å²) in [6, 6.07) is 8.55. The highest BCUT2D eigenvalue weighted by molar-refractivity contribution is 5.78. The van der Waals surface area contributed by atoms with Gasteiger partial charge in [0, 0.05) is 12.6 Å². The minimum Gasteiger partial charge on any atom is -0.438 e. The van der Waals surface area contributed by atoms with Crippen LogP contribution in [0.2, 0.25) is 0 Å². The van der Waals surface area contributed by atoms with E-state index in [4.69, 9.17) is 21.5 Å². The number of nitrogens with two attached hydrogens (primary N) is 2. The molecule has 28 heavy (non-hydrogen) atoms. The number of oxime groups is 1. The van der Waals surface area contributed by atoms with Crippen molar-refractivity contribution in [2.75, 3.05) is 0 Å². The molecular formula is C17H18F3N5O3. The number of hydrazine groups is 1. The second kappa shape index (κ2) is 9.46. The quantitative estimate of drug-likeness (QED) is 0.186. The van der Waals surface area contributed by atoms with Gasteiger partial charge in [-0.05, 0) is 36.2 Å². The molecule has 0 fully saturated rings. The number of hydrogen-bond acceptors (Lipinski definition) is 8. The first-order chi connectivity index (χ1) is 13.3. The lowest BCUT2D eigenvalue weighted by Gasteiger charge is -2.10. The second-order valence-electron chi connectivity index (χ2n) is 5.39. The van der Waals surface area contributed by atoms with Gasteiger partial charge in [-0.3, -0.25) is 10.8 Å². The fourth-order valence-electron chi connectivity index (χ4n) is 2.17. The summed E-state index contributed by atoms with van der Waals surface area (Å²) in [5, 5.41) is 12.2. The van der Waals surface area contributed by atoms with E-state index in [1.165, 1.54) is 36.7 Å². The van der Waals surface area contributed by atoms with E-state index in [-0.39, 0.29) is 18.1 Å². The van der Waals surface area contributed by atoms with Crippen molar-refractivity contribution in [1.82, 2.24) is 10.4 Å². The minimum atomic E-state index is -4.74. The number of aromatic nitrogens is 1. The first-order valence-electron chi connectivity index (χ1n) is 7.93. The van der Waals surface area contributed by atoms with E-state index in [9.17, 15) is 13.2 Å². The number of nitrogens with zero attached hydrogens (tertiary/aromatic N) is 2. The summed E-state index contributed by atoms with van der Waals surface area (Å²) >= 11 is 0. The number of aryl methyl sites for hydroxylation is 1. The lowest BCUT2D eigenvalue weighted by Crippen LogP contribution is -2.21. The van der Waals surface area contributed by atoms with Crippen molar-refractivity contribution < 1.29 is 27.9 Å². The molecule has 1 heterocycles. The van der Waals surface area contributed by atoms with E-state index >= 15 is 0 Å². The summed E-state index contributed by atoms with van der Waals surface area (Å²) in [6.45, 7) is 0. The molecule has 0 aliphatic heterocycles. The van der Waals surface area contributed by atoms with Gasteiger partial charge in [0.05, 0.1) is 17.6 Å². The number of rotatable bonds is 7. The molecule has 0 spiro atoms. The van der Waals surface area contributed by atoms with Crippen molar-refractivity contribution in [3.63, 3.8) is 0 Å². The Hall–Kier alpha value is -3.47. The standard InChI is InChI=1S/C17H18F3N5O3/c18-17(19,20)28-12-4-1-11(2-5-12)3-8-16(25-26)27-13-6-7-14(23-10-13)15(9-21)24-22/h1-2,4-7,9-10,24,26H,3,8,21-22H2/b15-9-,25-16+. The first-order valence-corrected chi connectivity index (χ1v) is 7.93. The molecular weight excluding hydrogens is 379 g/mol. The molecule has 0 aliphatic carbocycles. The molecule has 0 unspecified atom stereocenters. The molecule has 6 N–H and O–H groups in total. The number of ether oxygens (including phenoxy) is 2. The van der Waals surface area contributed by atoms with E-state index in [2.05, 4.69) is 20.3 Å². The van der Waals surface area contributed by atoms with Crippen LogP contribution >= 0.6 is 0 Å². The molecule has 150 valence electrons. The summed E-state index contributed by atoms with van der Waals surface area (Å²) in [6.07, 6.45) is -1.51. The highest BCUT2D eigenvalue weighted by Gasteiger charge is 2.30. The highest BCUT2D eigenvalue weighted by Crippen LogP contribution is 2.23. The summed E-state index contributed by atoms with van der Waals surface area (Å²) < 4.78 is 45.7. The fourth-order valence-corrected chi connectivity index (χ4v) is 2.17. The van der Waals surface area contributed by atoms with Gasteiger partial charge in [0.2, 0.25) is 5.90 Å². The molecule has 0 amide bonds. The topological polar surface area (TPSA) is 128 Å². The number of alkyl halides is 3. The summed E-state index contributed by atoms with van der Waals surface area (Å²) in [5.41, 5.74) is 9.40. The van der Waals surface area contributed by atoms with Crippen molar-refractivity contribution in [2.45, 2.75) is 19.2 Å². The Balaban J connectivity index is 1.92. The molecule has 0 saturated heterocycles. The maximum atomic E-state index is 12.2. The van der Waals surface area contributed by atoms with Crippen LogP contribution < -0.4 is 26.5 Å². The van der Waals surface area contributed by atoms with Crippen LogP contribution in [-0.4, -0.2) is 22.5 Å². The summed E-state index contributed by atoms with van der Waals surface area (Å²) in [5.74, 6) is 5.32. The van der Waals surface area contributed by atoms with Gasteiger partial charge in [-0.2, -0.15) is 0 Å². The average molecular weight is 397 g/mol. The Morgan fingerprint density at radius 3 is 2.36 bits per heavy atom. The highest BCUT2D eigenvalue weighted by atomic mass is 19.4. The number of hydrogen-bond donors (Lipinski definition) is 4. The molecule has 11 heteroatoms. The number of halogens is 3. The van der Waals surface area contributed by atoms with Crippen LogP contribution in [0.5, 0.6) is 11.5 Å². The average Bonchev–Trinajstić information content (AvgIpc) is 2.67. The molecule has 2 aromatic rings. The van der Waals surface area contributed by atoms with E-state index in [0.717, 1.165) is 0 Å². The molecule has 0 atom stereocenters. The smallest absolute Gasteiger partial charge is 0.438 e. The summed E-state index contributed by atoms with van der Waals surface area (Å²) in [7, 11) is 0. The Labute approximate surface area is 158 Å². The van der Waals surface area contributed by atoms with Crippen molar-refractivity contribution >= 4 is 11.6 Å². The minimum absolute atomic E-state index is 0.0108. The van der Waals surface area contributed by atoms with Crippen molar-refractivity contribution in [3.05, 3.63) is 60.1 Å². The van der Waals surface area contributed by atoms with Gasteiger partial charge < -0.3 is 25.8 Å². The number of benzene rings is 1. The SMILES string of the molecule is N/C=C(\NN)c1ccc(O/C(CCc2ccc(OC(F)(F)F)cc2)=N/O)cn1. The summed E-state index contributed by atoms with van der Waals surface area (Å²) in [4.78, 5) is 4.11. The van der Waals surface area contributed by atoms with Crippen molar-refractivity contribution in [2.24, 2.45) is 16.7 Å². The second-order valence-corrected chi connectivity index (χ2v) is 5.39. The predicted molar refractivity (Wildman–Crippen MR) is 95.0 cm³/mol. The number of pyridine rings is 1. The van der Waals surface area contributed by atoms with E-state index in [1.807, 2.05) is 0 Å². The van der Waals surface area contributed by atoms with Gasteiger partial charge in [-0.15, -0.1) is 13.2 Å². The van der Waals surface area contributed by atoms with Crippen LogP contribution in [0.15, 0.2) is 54.0 Å². The van der Waals surface area contributed by atoms with Crippen LogP contribution in [0.1, 0.15) is 17.7 Å². The molecule has 1 aromatic carbocycles.